The molecule has 0 bridgehead atoms. The van der Waals surface area contributed by atoms with Gasteiger partial charge < -0.3 is 9.88 Å². The molecule has 118 valence electrons. The minimum Gasteiger partial charge on any atom is -0.347 e. The topological polar surface area (TPSA) is 90.9 Å². The van der Waals surface area contributed by atoms with Crippen LogP contribution in [0.15, 0.2) is 9.59 Å². The maximum absolute atomic E-state index is 12.7. The first-order valence-corrected chi connectivity index (χ1v) is 7.57. The van der Waals surface area contributed by atoms with Crippen molar-refractivity contribution >= 4 is 17.1 Å². The lowest BCUT2D eigenvalue weighted by Gasteiger charge is -2.15. The van der Waals surface area contributed by atoms with E-state index in [9.17, 15) is 14.4 Å². The summed E-state index contributed by atoms with van der Waals surface area (Å²) in [5.74, 6) is 0.465. The lowest BCUT2D eigenvalue weighted by molar-refractivity contribution is -0.122. The average Bonchev–Trinajstić information content (AvgIpc) is 2.86. The van der Waals surface area contributed by atoms with E-state index in [1.54, 1.807) is 9.13 Å². The summed E-state index contributed by atoms with van der Waals surface area (Å²) < 4.78 is 4.43. The van der Waals surface area contributed by atoms with Crippen LogP contribution in [0.1, 0.15) is 32.5 Å². The van der Waals surface area contributed by atoms with Crippen molar-refractivity contribution in [1.29, 1.82) is 0 Å². The first-order chi connectivity index (χ1) is 10.6. The van der Waals surface area contributed by atoms with E-state index in [2.05, 4.69) is 10.3 Å². The number of fused-ring (bicyclic) bond motifs is 3. The zero-order valence-corrected chi connectivity index (χ0v) is 12.8. The lowest BCUT2D eigenvalue weighted by Crippen LogP contribution is -2.41. The number of nitrogens with one attached hydrogen (secondary N) is 1. The summed E-state index contributed by atoms with van der Waals surface area (Å²) in [6, 6.07) is 0. The molecule has 0 atom stereocenters. The van der Waals surface area contributed by atoms with Gasteiger partial charge in [0, 0.05) is 13.1 Å². The van der Waals surface area contributed by atoms with Gasteiger partial charge in [0.1, 0.15) is 12.4 Å². The van der Waals surface area contributed by atoms with Crippen molar-refractivity contribution in [2.24, 2.45) is 0 Å². The van der Waals surface area contributed by atoms with Gasteiger partial charge in [0.25, 0.3) is 5.56 Å². The van der Waals surface area contributed by atoms with E-state index in [1.165, 1.54) is 4.57 Å². The number of imidazole rings is 1. The summed E-state index contributed by atoms with van der Waals surface area (Å²) in [6.45, 7) is 5.09. The van der Waals surface area contributed by atoms with Crippen LogP contribution in [0, 0.1) is 0 Å². The Morgan fingerprint density at radius 2 is 1.77 bits per heavy atom. The molecule has 0 radical (unpaired) electrons. The van der Waals surface area contributed by atoms with Gasteiger partial charge in [-0.25, -0.2) is 9.78 Å². The van der Waals surface area contributed by atoms with E-state index < -0.39 is 0 Å². The molecule has 0 aromatic carbocycles. The first-order valence-electron chi connectivity index (χ1n) is 7.57. The predicted octanol–water partition coefficient (Wildman–Crippen LogP) is -0.190. The second-order valence-electron chi connectivity index (χ2n) is 5.45. The van der Waals surface area contributed by atoms with Crippen molar-refractivity contribution < 1.29 is 4.79 Å². The van der Waals surface area contributed by atoms with Gasteiger partial charge in [-0.15, -0.1) is 0 Å². The molecule has 3 rings (SSSR count). The Kier molecular flexibility index (Phi) is 3.59. The van der Waals surface area contributed by atoms with Crippen LogP contribution >= 0.6 is 0 Å². The van der Waals surface area contributed by atoms with Gasteiger partial charge in [-0.1, -0.05) is 13.8 Å². The van der Waals surface area contributed by atoms with Crippen molar-refractivity contribution in [3.8, 4) is 0 Å². The van der Waals surface area contributed by atoms with E-state index in [0.29, 0.717) is 36.5 Å². The van der Waals surface area contributed by atoms with Gasteiger partial charge in [0.15, 0.2) is 11.2 Å². The molecule has 0 aliphatic carbocycles. The third kappa shape index (κ3) is 2.06. The minimum atomic E-state index is -0.359. The molecule has 1 aliphatic heterocycles. The second kappa shape index (κ2) is 5.43. The Morgan fingerprint density at radius 1 is 1.09 bits per heavy atom. The van der Waals surface area contributed by atoms with Gasteiger partial charge >= 0.3 is 5.69 Å². The normalized spacial score (nSPS) is 14.2. The highest BCUT2D eigenvalue weighted by Gasteiger charge is 2.24. The smallest absolute Gasteiger partial charge is 0.332 e. The monoisotopic (exact) mass is 305 g/mol. The molecule has 0 fully saturated rings. The fourth-order valence-corrected chi connectivity index (χ4v) is 2.86. The van der Waals surface area contributed by atoms with Crippen LogP contribution in [0.25, 0.3) is 11.2 Å². The molecular formula is C14H19N5O3. The van der Waals surface area contributed by atoms with E-state index in [4.69, 9.17) is 0 Å². The first kappa shape index (κ1) is 14.6. The van der Waals surface area contributed by atoms with Gasteiger partial charge in [-0.3, -0.25) is 18.7 Å². The molecule has 1 aliphatic rings. The summed E-state index contributed by atoms with van der Waals surface area (Å²) in [5, 5.41) is 2.71. The standard InChI is InChI=1S/C14H19N5O3/c1-3-5-17-12-11(13(21)18(6-4-2)14(17)22)19-8-10(20)15-7-9(19)16-12/h3-8H2,1-2H3,(H,15,20). The minimum absolute atomic E-state index is 0.0670. The van der Waals surface area contributed by atoms with Crippen molar-refractivity contribution in [3.63, 3.8) is 0 Å². The molecule has 0 spiro atoms. The third-order valence-corrected chi connectivity index (χ3v) is 3.83. The number of amides is 1. The Labute approximate surface area is 126 Å². The van der Waals surface area contributed by atoms with Crippen LogP contribution in [0.4, 0.5) is 0 Å². The van der Waals surface area contributed by atoms with Gasteiger partial charge in [-0.2, -0.15) is 0 Å². The molecule has 0 unspecified atom stereocenters. The predicted molar refractivity (Wildman–Crippen MR) is 80.7 cm³/mol. The summed E-state index contributed by atoms with van der Waals surface area (Å²) in [6.07, 6.45) is 1.45. The van der Waals surface area contributed by atoms with Gasteiger partial charge in [-0.05, 0) is 12.8 Å². The zero-order valence-electron chi connectivity index (χ0n) is 12.8. The molecule has 8 heteroatoms. The molecular weight excluding hydrogens is 286 g/mol. The van der Waals surface area contributed by atoms with Crippen LogP contribution < -0.4 is 16.6 Å². The van der Waals surface area contributed by atoms with Crippen LogP contribution in [-0.4, -0.2) is 24.6 Å². The summed E-state index contributed by atoms with van der Waals surface area (Å²) in [7, 11) is 0. The van der Waals surface area contributed by atoms with Crippen molar-refractivity contribution in [3.05, 3.63) is 26.7 Å². The van der Waals surface area contributed by atoms with E-state index >= 15 is 0 Å². The lowest BCUT2D eigenvalue weighted by atomic mass is 10.4. The zero-order chi connectivity index (χ0) is 15.9. The van der Waals surface area contributed by atoms with Crippen LogP contribution in [0.5, 0.6) is 0 Å². The Bertz CT molecular complexity index is 858. The van der Waals surface area contributed by atoms with E-state index in [1.807, 2.05) is 13.8 Å². The second-order valence-corrected chi connectivity index (χ2v) is 5.45. The fourth-order valence-electron chi connectivity index (χ4n) is 2.86. The molecule has 8 nitrogen and oxygen atoms in total. The Balaban J connectivity index is 2.40. The average molecular weight is 305 g/mol. The molecule has 1 N–H and O–H groups in total. The van der Waals surface area contributed by atoms with Crippen molar-refractivity contribution in [2.75, 3.05) is 0 Å². The Morgan fingerprint density at radius 3 is 2.45 bits per heavy atom. The number of rotatable bonds is 4. The Hall–Kier alpha value is -2.38. The quantitative estimate of drug-likeness (QED) is 0.847. The fraction of sp³-hybridized carbons (Fsp3) is 0.571. The number of carbonyl (C=O) groups is 1. The summed E-state index contributed by atoms with van der Waals surface area (Å²) >= 11 is 0. The van der Waals surface area contributed by atoms with Crippen LogP contribution in [-0.2, 0) is 31.0 Å². The third-order valence-electron chi connectivity index (χ3n) is 3.83. The molecule has 2 aromatic rings. The van der Waals surface area contributed by atoms with Gasteiger partial charge in [0.2, 0.25) is 5.91 Å². The maximum Gasteiger partial charge on any atom is 0.332 e. The summed E-state index contributed by atoms with van der Waals surface area (Å²) in [5.41, 5.74) is 0.0561. The molecule has 22 heavy (non-hydrogen) atoms. The number of aryl methyl sites for hydroxylation is 1. The molecule has 0 saturated carbocycles. The highest BCUT2D eigenvalue weighted by molar-refractivity contribution is 5.80. The maximum atomic E-state index is 12.7. The highest BCUT2D eigenvalue weighted by Crippen LogP contribution is 2.14. The van der Waals surface area contributed by atoms with Crippen molar-refractivity contribution in [1.82, 2.24) is 24.0 Å². The number of carbonyl (C=O) groups excluding carboxylic acids is 1. The number of nitrogens with zero attached hydrogens (tertiary/aromatic N) is 4. The number of aromatic nitrogens is 4. The molecule has 2 aromatic heterocycles. The summed E-state index contributed by atoms with van der Waals surface area (Å²) in [4.78, 5) is 41.3. The van der Waals surface area contributed by atoms with Crippen LogP contribution in [0.3, 0.4) is 0 Å². The van der Waals surface area contributed by atoms with Crippen LogP contribution in [0.2, 0.25) is 0 Å². The number of hydrogen-bond acceptors (Lipinski definition) is 4. The van der Waals surface area contributed by atoms with E-state index in [0.717, 1.165) is 6.42 Å². The number of hydrogen-bond donors (Lipinski definition) is 1. The van der Waals surface area contributed by atoms with Crippen molar-refractivity contribution in [2.45, 2.75) is 52.9 Å². The highest BCUT2D eigenvalue weighted by atomic mass is 16.2. The molecule has 0 saturated heterocycles. The van der Waals surface area contributed by atoms with Gasteiger partial charge in [0.05, 0.1) is 6.54 Å². The van der Waals surface area contributed by atoms with E-state index in [-0.39, 0.29) is 30.2 Å². The molecule has 1 amide bonds. The largest absolute Gasteiger partial charge is 0.347 e. The molecule has 3 heterocycles. The SMILES string of the molecule is CCCn1c(=O)c2c(nc3n2CC(=O)NC3)n(CCC)c1=O.